The molecule has 0 unspecified atom stereocenters. The third-order valence-electron chi connectivity index (χ3n) is 4.48. The van der Waals surface area contributed by atoms with Gasteiger partial charge >= 0.3 is 0 Å². The van der Waals surface area contributed by atoms with E-state index in [1.54, 1.807) is 0 Å². The molecule has 21 heavy (non-hydrogen) atoms. The number of aliphatic hydroxyl groups excluding tert-OH is 1. The monoisotopic (exact) mass is 300 g/mol. The predicted octanol–water partition coefficient (Wildman–Crippen LogP) is 2.12. The van der Waals surface area contributed by atoms with Gasteiger partial charge < -0.3 is 20.1 Å². The first kappa shape index (κ1) is 18.9. The van der Waals surface area contributed by atoms with E-state index < -0.39 is 0 Å². The minimum absolute atomic E-state index is 0.283. The summed E-state index contributed by atoms with van der Waals surface area (Å²) >= 11 is 0. The van der Waals surface area contributed by atoms with Gasteiger partial charge in [-0.25, -0.2) is 0 Å². The van der Waals surface area contributed by atoms with Crippen molar-refractivity contribution >= 4 is 0 Å². The van der Waals surface area contributed by atoms with Crippen LogP contribution in [-0.4, -0.2) is 62.0 Å². The maximum absolute atomic E-state index is 9.11. The van der Waals surface area contributed by atoms with Crippen molar-refractivity contribution in [1.82, 2.24) is 10.2 Å². The molecule has 2 N–H and O–H groups in total. The van der Waals surface area contributed by atoms with Gasteiger partial charge in [0.15, 0.2) is 0 Å². The van der Waals surface area contributed by atoms with Crippen LogP contribution in [0.25, 0.3) is 0 Å². The van der Waals surface area contributed by atoms with Crippen LogP contribution in [0.15, 0.2) is 0 Å². The lowest BCUT2D eigenvalue weighted by Crippen LogP contribution is -2.49. The van der Waals surface area contributed by atoms with Crippen LogP contribution in [0, 0.1) is 11.3 Å². The molecule has 0 bridgehead atoms. The van der Waals surface area contributed by atoms with Gasteiger partial charge in [0.1, 0.15) is 0 Å². The molecule has 1 saturated heterocycles. The normalized spacial score (nSPS) is 18.9. The lowest BCUT2D eigenvalue weighted by atomic mass is 9.79. The van der Waals surface area contributed by atoms with E-state index in [1.807, 2.05) is 0 Å². The van der Waals surface area contributed by atoms with Gasteiger partial charge in [0, 0.05) is 45.5 Å². The molecular weight excluding hydrogens is 264 g/mol. The first-order valence-electron chi connectivity index (χ1n) is 8.62. The van der Waals surface area contributed by atoms with Gasteiger partial charge in [-0.15, -0.1) is 0 Å². The Labute approximate surface area is 131 Å². The predicted molar refractivity (Wildman–Crippen MR) is 88.6 cm³/mol. The Morgan fingerprint density at radius 2 is 1.86 bits per heavy atom. The van der Waals surface area contributed by atoms with Crippen LogP contribution in [0.3, 0.4) is 0 Å². The number of hydrogen-bond donors (Lipinski definition) is 2. The van der Waals surface area contributed by atoms with Crippen LogP contribution in [0.1, 0.15) is 47.0 Å². The van der Waals surface area contributed by atoms with Gasteiger partial charge in [0.2, 0.25) is 0 Å². The average molecular weight is 300 g/mol. The summed E-state index contributed by atoms with van der Waals surface area (Å²) in [5, 5.41) is 12.8. The van der Waals surface area contributed by atoms with Crippen molar-refractivity contribution in [3.63, 3.8) is 0 Å². The van der Waals surface area contributed by atoms with Crippen molar-refractivity contribution < 1.29 is 9.84 Å². The zero-order valence-electron chi connectivity index (χ0n) is 14.5. The third-order valence-corrected chi connectivity index (χ3v) is 4.48. The highest BCUT2D eigenvalue weighted by molar-refractivity contribution is 4.88. The first-order valence-corrected chi connectivity index (χ1v) is 8.62. The lowest BCUT2D eigenvalue weighted by Gasteiger charge is -2.42. The summed E-state index contributed by atoms with van der Waals surface area (Å²) in [5.41, 5.74) is 0.326. The molecule has 1 heterocycles. The van der Waals surface area contributed by atoms with E-state index >= 15 is 0 Å². The second-order valence-electron chi connectivity index (χ2n) is 7.28. The fraction of sp³-hybridized carbons (Fsp3) is 1.00. The van der Waals surface area contributed by atoms with Crippen LogP contribution >= 0.6 is 0 Å². The minimum Gasteiger partial charge on any atom is -0.396 e. The molecular formula is C17H36N2O2. The highest BCUT2D eigenvalue weighted by Gasteiger charge is 2.34. The number of rotatable bonds is 10. The number of nitrogens with zero attached hydrogens (tertiary/aromatic N) is 1. The van der Waals surface area contributed by atoms with Crippen LogP contribution in [-0.2, 0) is 4.74 Å². The van der Waals surface area contributed by atoms with Gasteiger partial charge in [0.25, 0.3) is 0 Å². The zero-order chi connectivity index (χ0) is 15.7. The van der Waals surface area contributed by atoms with E-state index in [0.29, 0.717) is 17.4 Å². The van der Waals surface area contributed by atoms with E-state index in [9.17, 15) is 0 Å². The van der Waals surface area contributed by atoms with Crippen molar-refractivity contribution in [2.24, 2.45) is 11.3 Å². The molecule has 4 heteroatoms. The topological polar surface area (TPSA) is 44.7 Å². The highest BCUT2D eigenvalue weighted by Crippen LogP contribution is 2.31. The SMILES string of the molecule is CC(C)CNCC1(CN(CCCO)C(C)C)CCOCC1. The largest absolute Gasteiger partial charge is 0.396 e. The second kappa shape index (κ2) is 9.78. The van der Waals surface area contributed by atoms with Gasteiger partial charge in [-0.05, 0) is 51.0 Å². The van der Waals surface area contributed by atoms with E-state index in [0.717, 1.165) is 58.7 Å². The van der Waals surface area contributed by atoms with Crippen LogP contribution in [0.4, 0.5) is 0 Å². The molecule has 0 aromatic heterocycles. The standard InChI is InChI=1S/C17H36N2O2/c1-15(2)12-18-13-17(6-10-21-11-7-17)14-19(16(3)4)8-5-9-20/h15-16,18,20H,5-14H2,1-4H3. The van der Waals surface area contributed by atoms with Crippen LogP contribution in [0.2, 0.25) is 0 Å². The van der Waals surface area contributed by atoms with Crippen LogP contribution in [0.5, 0.6) is 0 Å². The van der Waals surface area contributed by atoms with Crippen molar-refractivity contribution in [2.45, 2.75) is 53.0 Å². The van der Waals surface area contributed by atoms with Crippen molar-refractivity contribution in [3.8, 4) is 0 Å². The molecule has 0 aromatic rings. The van der Waals surface area contributed by atoms with Gasteiger partial charge in [-0.3, -0.25) is 0 Å². The van der Waals surface area contributed by atoms with E-state index in [4.69, 9.17) is 9.84 Å². The van der Waals surface area contributed by atoms with Crippen molar-refractivity contribution in [1.29, 1.82) is 0 Å². The number of aliphatic hydroxyl groups is 1. The van der Waals surface area contributed by atoms with Gasteiger partial charge in [-0.1, -0.05) is 13.8 Å². The summed E-state index contributed by atoms with van der Waals surface area (Å²) in [7, 11) is 0. The van der Waals surface area contributed by atoms with E-state index in [2.05, 4.69) is 37.9 Å². The molecule has 1 fully saturated rings. The average Bonchev–Trinajstić information content (AvgIpc) is 2.44. The molecule has 0 aliphatic carbocycles. The maximum atomic E-state index is 9.11. The van der Waals surface area contributed by atoms with Crippen molar-refractivity contribution in [2.75, 3.05) is 46.0 Å². The lowest BCUT2D eigenvalue weighted by molar-refractivity contribution is -0.0106. The van der Waals surface area contributed by atoms with Crippen molar-refractivity contribution in [3.05, 3.63) is 0 Å². The highest BCUT2D eigenvalue weighted by atomic mass is 16.5. The summed E-state index contributed by atoms with van der Waals surface area (Å²) in [4.78, 5) is 2.53. The Kier molecular flexibility index (Phi) is 8.79. The Hall–Kier alpha value is -0.160. The Morgan fingerprint density at radius 3 is 2.38 bits per heavy atom. The molecule has 1 rings (SSSR count). The Balaban J connectivity index is 2.61. The zero-order valence-corrected chi connectivity index (χ0v) is 14.5. The number of nitrogens with one attached hydrogen (secondary N) is 1. The van der Waals surface area contributed by atoms with Crippen LogP contribution < -0.4 is 5.32 Å². The smallest absolute Gasteiger partial charge is 0.0472 e. The minimum atomic E-state index is 0.283. The molecule has 0 radical (unpaired) electrons. The molecule has 126 valence electrons. The molecule has 0 amide bonds. The fourth-order valence-electron chi connectivity index (χ4n) is 3.05. The molecule has 0 saturated carbocycles. The number of ether oxygens (including phenoxy) is 1. The maximum Gasteiger partial charge on any atom is 0.0472 e. The quantitative estimate of drug-likeness (QED) is 0.649. The van der Waals surface area contributed by atoms with E-state index in [1.165, 1.54) is 0 Å². The third kappa shape index (κ3) is 7.09. The molecule has 4 nitrogen and oxygen atoms in total. The molecule has 0 atom stereocenters. The first-order chi connectivity index (χ1) is 9.99. The van der Waals surface area contributed by atoms with Gasteiger partial charge in [0.05, 0.1) is 0 Å². The molecule has 1 aliphatic rings. The second-order valence-corrected chi connectivity index (χ2v) is 7.28. The fourth-order valence-corrected chi connectivity index (χ4v) is 3.05. The number of hydrogen-bond acceptors (Lipinski definition) is 4. The molecule has 0 spiro atoms. The Bertz CT molecular complexity index is 264. The van der Waals surface area contributed by atoms with E-state index in [-0.39, 0.29) is 6.61 Å². The molecule has 1 aliphatic heterocycles. The summed E-state index contributed by atoms with van der Waals surface area (Å²) in [6, 6.07) is 0.529. The Morgan fingerprint density at radius 1 is 1.19 bits per heavy atom. The summed E-state index contributed by atoms with van der Waals surface area (Å²) in [6.07, 6.45) is 3.14. The molecule has 0 aromatic carbocycles. The summed E-state index contributed by atoms with van der Waals surface area (Å²) < 4.78 is 5.59. The summed E-state index contributed by atoms with van der Waals surface area (Å²) in [6.45, 7) is 15.3. The van der Waals surface area contributed by atoms with Gasteiger partial charge in [-0.2, -0.15) is 0 Å². The summed E-state index contributed by atoms with van der Waals surface area (Å²) in [5.74, 6) is 0.692.